The maximum Gasteiger partial charge on any atom is 0.269 e. The molecule has 9 aromatic rings. The topological polar surface area (TPSA) is 35.9 Å². The monoisotopic (exact) mass is 939 g/mol. The third kappa shape index (κ3) is 9.61. The second-order valence-corrected chi connectivity index (χ2v) is 25.0. The molecular formula is C66H74N4O. The zero-order valence-electron chi connectivity index (χ0n) is 45.2. The number of hydrogen-bond donors (Lipinski definition) is 0. The van der Waals surface area contributed by atoms with Gasteiger partial charge in [-0.15, -0.1) is 0 Å². The number of nitrogens with zero attached hydrogens (tertiary/aromatic N) is 4. The van der Waals surface area contributed by atoms with Crippen molar-refractivity contribution < 1.29 is 9.30 Å². The molecule has 0 radical (unpaired) electrons. The normalized spacial score (nSPS) is 13.1. The van der Waals surface area contributed by atoms with Crippen LogP contribution in [0.4, 0.5) is 0 Å². The van der Waals surface area contributed by atoms with E-state index in [1.807, 2.05) is 6.20 Å². The Kier molecular flexibility index (Phi) is 12.2. The molecule has 0 fully saturated rings. The summed E-state index contributed by atoms with van der Waals surface area (Å²) < 4.78 is 13.9. The van der Waals surface area contributed by atoms with E-state index < -0.39 is 0 Å². The van der Waals surface area contributed by atoms with Crippen molar-refractivity contribution in [3.05, 3.63) is 209 Å². The summed E-state index contributed by atoms with van der Waals surface area (Å²) >= 11 is 0. The van der Waals surface area contributed by atoms with Crippen LogP contribution in [0, 0.1) is 6.33 Å². The van der Waals surface area contributed by atoms with Gasteiger partial charge in [-0.3, -0.25) is 13.7 Å². The molecule has 0 bridgehead atoms. The average molecular weight is 939 g/mol. The van der Waals surface area contributed by atoms with Crippen LogP contribution in [0.15, 0.2) is 158 Å². The van der Waals surface area contributed by atoms with E-state index in [2.05, 4.69) is 283 Å². The van der Waals surface area contributed by atoms with Crippen LogP contribution in [0.5, 0.6) is 11.5 Å². The van der Waals surface area contributed by atoms with E-state index in [0.717, 1.165) is 56.4 Å². The van der Waals surface area contributed by atoms with Crippen LogP contribution in [0.1, 0.15) is 155 Å². The Hall–Kier alpha value is -6.72. The highest BCUT2D eigenvalue weighted by Crippen LogP contribution is 2.42. The Morgan fingerprint density at radius 1 is 0.437 bits per heavy atom. The number of benzene rings is 6. The predicted molar refractivity (Wildman–Crippen MR) is 297 cm³/mol. The number of fused-ring (bicyclic) bond motifs is 3. The highest BCUT2D eigenvalue weighted by atomic mass is 16.5. The van der Waals surface area contributed by atoms with E-state index in [9.17, 15) is 0 Å². The molecule has 0 spiro atoms. The Bertz CT molecular complexity index is 3380. The summed E-state index contributed by atoms with van der Waals surface area (Å²) in [5.41, 5.74) is 13.3. The van der Waals surface area contributed by atoms with Gasteiger partial charge in [-0.1, -0.05) is 184 Å². The lowest BCUT2D eigenvalue weighted by atomic mass is 9.78. The van der Waals surface area contributed by atoms with Crippen LogP contribution in [0.2, 0.25) is 0 Å². The van der Waals surface area contributed by atoms with Crippen LogP contribution in [-0.2, 0) is 32.5 Å². The van der Waals surface area contributed by atoms with Crippen LogP contribution in [0.3, 0.4) is 0 Å². The van der Waals surface area contributed by atoms with Gasteiger partial charge in [0.2, 0.25) is 0 Å². The van der Waals surface area contributed by atoms with E-state index in [1.165, 1.54) is 38.8 Å². The van der Waals surface area contributed by atoms with Crippen molar-refractivity contribution in [2.45, 2.75) is 143 Å². The van der Waals surface area contributed by atoms with Gasteiger partial charge in [0.05, 0.1) is 28.1 Å². The molecule has 3 heterocycles. The smallest absolute Gasteiger partial charge is 0.269 e. The van der Waals surface area contributed by atoms with Crippen molar-refractivity contribution in [3.8, 4) is 28.7 Å². The number of ether oxygens (including phenoxy) is 1. The average Bonchev–Trinajstić information content (AvgIpc) is 3.92. The molecule has 71 heavy (non-hydrogen) atoms. The molecule has 9 rings (SSSR count). The SMILES string of the molecule is CC(C)(C)c1cc(-[n+]2[c-]n(-c3cc(Oc4ccc5c6cc(C(C)(C)c7ccccc7)ccc6n(-c6cc(C(C)(C)C)ccn6)c5c4)cc(C(C)(C)c4ccccc4)c3)cc2C(C)(C)C)cc(C(C)(C)C)c1. The minimum atomic E-state index is -0.348. The zero-order chi connectivity index (χ0) is 51.1. The standard InChI is InChI=1S/C66H74N4O/c1-61(2,3)46-31-32-67-60(39-46)70-57-30-27-47(65(13,14)44-23-19-17-20-24-44)38-56(57)55-29-28-53(41-58(55)70)71-54-37-50(66(15,16)45-25-21-18-22-26-45)36-51(40-54)68-42-59(64(10,11)12)69(43-68)52-34-48(62(4,5)6)33-49(35-52)63(7,8)9/h17-42H,1-16H3. The third-order valence-corrected chi connectivity index (χ3v) is 14.8. The van der Waals surface area contributed by atoms with Crippen LogP contribution < -0.4 is 9.30 Å². The summed E-state index contributed by atoms with van der Waals surface area (Å²) in [5.74, 6) is 2.38. The van der Waals surface area contributed by atoms with Crippen molar-refractivity contribution >= 4 is 21.8 Å². The van der Waals surface area contributed by atoms with Gasteiger partial charge in [0.15, 0.2) is 0 Å². The third-order valence-electron chi connectivity index (χ3n) is 14.8. The van der Waals surface area contributed by atoms with Crippen LogP contribution in [-0.4, -0.2) is 14.1 Å². The van der Waals surface area contributed by atoms with E-state index in [0.29, 0.717) is 0 Å². The number of aromatic nitrogens is 4. The predicted octanol–water partition coefficient (Wildman–Crippen LogP) is 16.7. The minimum Gasteiger partial charge on any atom is -0.458 e. The highest BCUT2D eigenvalue weighted by molar-refractivity contribution is 6.10. The molecular weight excluding hydrogens is 865 g/mol. The molecule has 364 valence electrons. The molecule has 0 saturated carbocycles. The summed E-state index contributed by atoms with van der Waals surface area (Å²) in [6.45, 7) is 36.6. The molecule has 0 amide bonds. The Labute approximate surface area is 424 Å². The molecule has 3 aromatic heterocycles. The van der Waals surface area contributed by atoms with E-state index in [1.54, 1.807) is 0 Å². The molecule has 5 nitrogen and oxygen atoms in total. The molecule has 0 atom stereocenters. The van der Waals surface area contributed by atoms with Crippen LogP contribution >= 0.6 is 0 Å². The van der Waals surface area contributed by atoms with Gasteiger partial charge in [0, 0.05) is 40.1 Å². The molecule has 0 unspecified atom stereocenters. The highest BCUT2D eigenvalue weighted by Gasteiger charge is 2.30. The lowest BCUT2D eigenvalue weighted by molar-refractivity contribution is -0.611. The number of imidazole rings is 1. The zero-order valence-corrected chi connectivity index (χ0v) is 45.2. The Morgan fingerprint density at radius 3 is 1.61 bits per heavy atom. The van der Waals surface area contributed by atoms with E-state index in [4.69, 9.17) is 9.72 Å². The van der Waals surface area contributed by atoms with Gasteiger partial charge < -0.3 is 4.74 Å². The van der Waals surface area contributed by atoms with Crippen molar-refractivity contribution in [2.75, 3.05) is 0 Å². The maximum atomic E-state index is 7.15. The molecule has 5 heteroatoms. The number of hydrogen-bond acceptors (Lipinski definition) is 2. The summed E-state index contributed by atoms with van der Waals surface area (Å²) in [6.07, 6.45) is 8.06. The fraction of sp³-hybridized carbons (Fsp3) is 0.333. The van der Waals surface area contributed by atoms with E-state index >= 15 is 0 Å². The van der Waals surface area contributed by atoms with E-state index in [-0.39, 0.29) is 32.5 Å². The maximum absolute atomic E-state index is 7.15. The fourth-order valence-electron chi connectivity index (χ4n) is 9.86. The fourth-order valence-corrected chi connectivity index (χ4v) is 9.86. The first-order chi connectivity index (χ1) is 33.2. The van der Waals surface area contributed by atoms with Crippen molar-refractivity contribution in [3.63, 3.8) is 0 Å². The Morgan fingerprint density at radius 2 is 1.03 bits per heavy atom. The van der Waals surface area contributed by atoms with Gasteiger partial charge in [0.25, 0.3) is 6.33 Å². The summed E-state index contributed by atoms with van der Waals surface area (Å²) in [4.78, 5) is 5.04. The van der Waals surface area contributed by atoms with Gasteiger partial charge in [0.1, 0.15) is 17.3 Å². The quantitative estimate of drug-likeness (QED) is 0.107. The van der Waals surface area contributed by atoms with Crippen molar-refractivity contribution in [1.82, 2.24) is 14.1 Å². The second kappa shape index (κ2) is 17.5. The van der Waals surface area contributed by atoms with Gasteiger partial charge >= 0.3 is 0 Å². The first kappa shape index (κ1) is 49.3. The lowest BCUT2D eigenvalue weighted by Gasteiger charge is -2.27. The molecule has 0 N–H and O–H groups in total. The molecule has 6 aromatic carbocycles. The summed E-state index contributed by atoms with van der Waals surface area (Å²) in [5, 5.41) is 2.32. The van der Waals surface area contributed by atoms with Crippen LogP contribution in [0.25, 0.3) is 39.0 Å². The molecule has 0 aliphatic heterocycles. The number of rotatable bonds is 9. The van der Waals surface area contributed by atoms with Crippen molar-refractivity contribution in [1.29, 1.82) is 0 Å². The Balaban J connectivity index is 1.23. The van der Waals surface area contributed by atoms with Gasteiger partial charge in [-0.25, -0.2) is 4.98 Å². The lowest BCUT2D eigenvalue weighted by Crippen LogP contribution is -2.39. The largest absolute Gasteiger partial charge is 0.458 e. The van der Waals surface area contributed by atoms with Gasteiger partial charge in [-0.2, -0.15) is 0 Å². The number of pyridine rings is 1. The first-order valence-corrected chi connectivity index (χ1v) is 25.4. The molecule has 0 aliphatic rings. The first-order valence-electron chi connectivity index (χ1n) is 25.4. The summed E-state index contributed by atoms with van der Waals surface area (Å²) in [7, 11) is 0. The second-order valence-electron chi connectivity index (χ2n) is 25.0. The van der Waals surface area contributed by atoms with Crippen molar-refractivity contribution in [2.24, 2.45) is 0 Å². The summed E-state index contributed by atoms with van der Waals surface area (Å²) in [6, 6.07) is 53.2. The van der Waals surface area contributed by atoms with Gasteiger partial charge in [-0.05, 0) is 127 Å². The minimum absolute atomic E-state index is 0.0306. The molecule has 0 aliphatic carbocycles. The molecule has 0 saturated heterocycles.